The Bertz CT molecular complexity index is 792. The molecule has 0 heterocycles. The maximum absolute atomic E-state index is 11.9. The van der Waals surface area contributed by atoms with E-state index in [0.717, 1.165) is 27.1 Å². The molecule has 0 amide bonds. The van der Waals surface area contributed by atoms with Crippen molar-refractivity contribution in [1.82, 2.24) is 4.72 Å². The summed E-state index contributed by atoms with van der Waals surface area (Å²) in [5.74, 6) is 0.552. The van der Waals surface area contributed by atoms with E-state index in [1.165, 1.54) is 57.4 Å². The van der Waals surface area contributed by atoms with Gasteiger partial charge in [0.1, 0.15) is 0 Å². The van der Waals surface area contributed by atoms with Crippen molar-refractivity contribution >= 4 is 35.4 Å². The minimum Gasteiger partial charge on any atom is -0.465 e. The van der Waals surface area contributed by atoms with Gasteiger partial charge < -0.3 is 10.5 Å². The zero-order valence-electron chi connectivity index (χ0n) is 16.3. The van der Waals surface area contributed by atoms with E-state index in [2.05, 4.69) is 10.8 Å². The predicted molar refractivity (Wildman–Crippen MR) is 118 cm³/mol. The molecule has 0 radical (unpaired) electrons. The molecule has 1 fully saturated rings. The average Bonchev–Trinajstić information content (AvgIpc) is 2.73. The van der Waals surface area contributed by atoms with Gasteiger partial charge in [0, 0.05) is 26.9 Å². The summed E-state index contributed by atoms with van der Waals surface area (Å²) in [4.78, 5) is 14.8. The number of ether oxygens (including phenoxy) is 1. The molecule has 0 aliphatic heterocycles. The fraction of sp³-hybridized carbons (Fsp3) is 0.409. The number of hydrogen-bond donors (Lipinski definition) is 2. The van der Waals surface area contributed by atoms with Crippen molar-refractivity contribution in [2.45, 2.75) is 53.2 Å². The Kier molecular flexibility index (Phi) is 8.13. The van der Waals surface area contributed by atoms with Gasteiger partial charge in [0.2, 0.25) is 0 Å². The first-order valence-electron chi connectivity index (χ1n) is 9.82. The van der Waals surface area contributed by atoms with E-state index in [9.17, 15) is 4.79 Å². The predicted octanol–water partition coefficient (Wildman–Crippen LogP) is 5.77. The van der Waals surface area contributed by atoms with Crippen LogP contribution in [0, 0.1) is 5.92 Å². The van der Waals surface area contributed by atoms with Gasteiger partial charge in [0.05, 0.1) is 12.7 Å². The highest BCUT2D eigenvalue weighted by atomic mass is 32.2. The van der Waals surface area contributed by atoms with E-state index < -0.39 is 0 Å². The lowest BCUT2D eigenvalue weighted by Crippen LogP contribution is -2.14. The van der Waals surface area contributed by atoms with Crippen LogP contribution in [0.2, 0.25) is 0 Å². The maximum atomic E-state index is 11.9. The second-order valence-electron chi connectivity index (χ2n) is 7.08. The smallest absolute Gasteiger partial charge is 0.339 e. The standard InChI is InChI=1S/C22H28N2O2S2/c1-26-22(25)18-9-5-6-10-20(18)27-21-12-11-17(15-19(21)23)28-24-14-13-16-7-3-2-4-8-16/h5-6,9-12,15-16,24H,2-4,7-8,13-14,23H2,1H3. The molecule has 0 bridgehead atoms. The van der Waals surface area contributed by atoms with Gasteiger partial charge in [-0.3, -0.25) is 4.72 Å². The zero-order chi connectivity index (χ0) is 19.8. The molecule has 1 aliphatic rings. The summed E-state index contributed by atoms with van der Waals surface area (Å²) < 4.78 is 8.34. The summed E-state index contributed by atoms with van der Waals surface area (Å²) in [6.45, 7) is 1.03. The Labute approximate surface area is 176 Å². The largest absolute Gasteiger partial charge is 0.465 e. The molecular weight excluding hydrogens is 388 g/mol. The van der Waals surface area contributed by atoms with Crippen molar-refractivity contribution in [3.05, 3.63) is 48.0 Å². The van der Waals surface area contributed by atoms with E-state index in [4.69, 9.17) is 10.5 Å². The molecule has 3 N–H and O–H groups in total. The number of esters is 1. The number of nitrogen functional groups attached to an aromatic ring is 1. The molecular formula is C22H28N2O2S2. The second-order valence-corrected chi connectivity index (χ2v) is 9.13. The zero-order valence-corrected chi connectivity index (χ0v) is 17.9. The van der Waals surface area contributed by atoms with Crippen LogP contribution in [0.5, 0.6) is 0 Å². The number of methoxy groups -OCH3 is 1. The molecule has 150 valence electrons. The van der Waals surface area contributed by atoms with Crippen LogP contribution in [-0.2, 0) is 4.74 Å². The summed E-state index contributed by atoms with van der Waals surface area (Å²) >= 11 is 3.12. The second kappa shape index (κ2) is 10.8. The number of carbonyl (C=O) groups is 1. The van der Waals surface area contributed by atoms with Crippen molar-refractivity contribution in [2.75, 3.05) is 19.4 Å². The van der Waals surface area contributed by atoms with E-state index in [-0.39, 0.29) is 5.97 Å². The molecule has 2 aromatic rings. The van der Waals surface area contributed by atoms with Gasteiger partial charge in [-0.05, 0) is 54.6 Å². The van der Waals surface area contributed by atoms with Gasteiger partial charge in [-0.15, -0.1) is 0 Å². The normalized spacial score (nSPS) is 14.8. The molecule has 0 spiro atoms. The first-order valence-corrected chi connectivity index (χ1v) is 11.4. The Morgan fingerprint density at radius 3 is 2.68 bits per heavy atom. The van der Waals surface area contributed by atoms with Crippen LogP contribution < -0.4 is 10.5 Å². The Balaban J connectivity index is 1.55. The molecule has 0 unspecified atom stereocenters. The van der Waals surface area contributed by atoms with E-state index in [0.29, 0.717) is 11.3 Å². The van der Waals surface area contributed by atoms with Crippen LogP contribution >= 0.6 is 23.7 Å². The van der Waals surface area contributed by atoms with E-state index >= 15 is 0 Å². The molecule has 3 rings (SSSR count). The molecule has 2 aromatic carbocycles. The third kappa shape index (κ3) is 5.93. The van der Waals surface area contributed by atoms with Crippen molar-refractivity contribution in [1.29, 1.82) is 0 Å². The first-order chi connectivity index (χ1) is 13.7. The highest BCUT2D eigenvalue weighted by molar-refractivity contribution is 7.99. The van der Waals surface area contributed by atoms with Crippen LogP contribution in [0.3, 0.4) is 0 Å². The molecule has 0 saturated heterocycles. The Hall–Kier alpha value is -1.63. The van der Waals surface area contributed by atoms with E-state index in [1.807, 2.05) is 30.3 Å². The Morgan fingerprint density at radius 2 is 1.93 bits per heavy atom. The van der Waals surface area contributed by atoms with Crippen molar-refractivity contribution in [2.24, 2.45) is 5.92 Å². The summed E-state index contributed by atoms with van der Waals surface area (Å²) in [6, 6.07) is 13.5. The fourth-order valence-electron chi connectivity index (χ4n) is 3.51. The first kappa shape index (κ1) is 21.1. The summed E-state index contributed by atoms with van der Waals surface area (Å²) in [6.07, 6.45) is 8.23. The minimum absolute atomic E-state index is 0.337. The fourth-order valence-corrected chi connectivity index (χ4v) is 5.18. The number of carbonyl (C=O) groups excluding carboxylic acids is 1. The molecule has 1 aliphatic carbocycles. The molecule has 1 saturated carbocycles. The van der Waals surface area contributed by atoms with Crippen molar-refractivity contribution < 1.29 is 9.53 Å². The lowest BCUT2D eigenvalue weighted by atomic mass is 9.87. The minimum atomic E-state index is -0.337. The van der Waals surface area contributed by atoms with Crippen molar-refractivity contribution in [3.8, 4) is 0 Å². The molecule has 0 atom stereocenters. The number of hydrogen-bond acceptors (Lipinski definition) is 6. The number of nitrogens with one attached hydrogen (secondary N) is 1. The van der Waals surface area contributed by atoms with Gasteiger partial charge in [-0.2, -0.15) is 0 Å². The molecule has 0 aromatic heterocycles. The summed E-state index contributed by atoms with van der Waals surface area (Å²) in [7, 11) is 1.39. The van der Waals surface area contributed by atoms with Gasteiger partial charge in [0.15, 0.2) is 0 Å². The summed E-state index contributed by atoms with van der Waals surface area (Å²) in [5, 5.41) is 0. The number of rotatable bonds is 8. The SMILES string of the molecule is COC(=O)c1ccccc1Sc1ccc(SNCCC2CCCCC2)cc1N. The highest BCUT2D eigenvalue weighted by Gasteiger charge is 2.14. The van der Waals surface area contributed by atoms with E-state index in [1.54, 1.807) is 18.0 Å². The lowest BCUT2D eigenvalue weighted by molar-refractivity contribution is 0.0597. The molecule has 6 heteroatoms. The molecule has 4 nitrogen and oxygen atoms in total. The van der Waals surface area contributed by atoms with Crippen LogP contribution in [0.15, 0.2) is 57.2 Å². The third-order valence-electron chi connectivity index (χ3n) is 5.06. The third-order valence-corrected chi connectivity index (χ3v) is 7.07. The van der Waals surface area contributed by atoms with Gasteiger partial charge in [-0.25, -0.2) is 4.79 Å². The van der Waals surface area contributed by atoms with Crippen LogP contribution in [-0.4, -0.2) is 19.6 Å². The van der Waals surface area contributed by atoms with Crippen LogP contribution in [0.4, 0.5) is 5.69 Å². The van der Waals surface area contributed by atoms with Crippen molar-refractivity contribution in [3.63, 3.8) is 0 Å². The number of nitrogens with two attached hydrogens (primary N) is 1. The summed E-state index contributed by atoms with van der Waals surface area (Å²) in [5.41, 5.74) is 7.54. The highest BCUT2D eigenvalue weighted by Crippen LogP contribution is 2.36. The number of anilines is 1. The van der Waals surface area contributed by atoms with Gasteiger partial charge in [-0.1, -0.05) is 56.0 Å². The topological polar surface area (TPSA) is 64.3 Å². The van der Waals surface area contributed by atoms with Gasteiger partial charge >= 0.3 is 5.97 Å². The monoisotopic (exact) mass is 416 g/mol. The molecule has 28 heavy (non-hydrogen) atoms. The van der Waals surface area contributed by atoms with Crippen LogP contribution in [0.1, 0.15) is 48.9 Å². The quantitative estimate of drug-likeness (QED) is 0.246. The van der Waals surface area contributed by atoms with Gasteiger partial charge in [0.25, 0.3) is 0 Å². The lowest BCUT2D eigenvalue weighted by Gasteiger charge is -2.21. The Morgan fingerprint density at radius 1 is 1.14 bits per heavy atom. The average molecular weight is 417 g/mol. The van der Waals surface area contributed by atoms with Crippen LogP contribution in [0.25, 0.3) is 0 Å². The number of benzene rings is 2. The maximum Gasteiger partial charge on any atom is 0.339 e.